The van der Waals surface area contributed by atoms with Crippen LogP contribution in [0.5, 0.6) is 0 Å². The first-order valence-corrected chi connectivity index (χ1v) is 14.4. The van der Waals surface area contributed by atoms with Gasteiger partial charge in [-0.2, -0.15) is 0 Å². The lowest BCUT2D eigenvalue weighted by atomic mass is 9.98. The number of amidine groups is 1. The van der Waals surface area contributed by atoms with E-state index in [1.54, 1.807) is 11.8 Å². The van der Waals surface area contributed by atoms with E-state index in [1.807, 2.05) is 25.8 Å². The lowest BCUT2D eigenvalue weighted by molar-refractivity contribution is 0.0692. The van der Waals surface area contributed by atoms with Crippen molar-refractivity contribution < 1.29 is 4.79 Å². The molecule has 0 unspecified atom stereocenters. The molecule has 1 aromatic carbocycles. The Bertz CT molecular complexity index is 1120. The molecule has 0 spiro atoms. The van der Waals surface area contributed by atoms with Crippen LogP contribution in [-0.2, 0) is 6.54 Å². The molecule has 206 valence electrons. The normalized spacial score (nSPS) is 17.9. The zero-order chi connectivity index (χ0) is 27.8. The summed E-state index contributed by atoms with van der Waals surface area (Å²) in [5, 5.41) is 0.978. The fourth-order valence-electron chi connectivity index (χ4n) is 5.07. The van der Waals surface area contributed by atoms with Crippen molar-refractivity contribution in [2.45, 2.75) is 41.2 Å². The van der Waals surface area contributed by atoms with Crippen molar-refractivity contribution in [2.24, 2.45) is 4.99 Å². The van der Waals surface area contributed by atoms with E-state index in [1.165, 1.54) is 16.8 Å². The molecule has 6 nitrogen and oxygen atoms in total. The van der Waals surface area contributed by atoms with Gasteiger partial charge in [0.2, 0.25) is 0 Å². The van der Waals surface area contributed by atoms with Crippen LogP contribution < -0.4 is 0 Å². The van der Waals surface area contributed by atoms with Crippen molar-refractivity contribution in [1.82, 2.24) is 19.6 Å². The standard InChI is InChI=1S/C31H45N5OS/c1-9-10-11-29(23(2)3)34-14-12-33(13-15-34)22-27-21-28(26(7)20-25(27)6)30(37)35-16-18-36(19-17-35)31(32-8)38-24(4)5/h9-11,20-21H,2,4,12-19,22H2,1,3,5-8H3/b10-9-,29-11+,32-31-. The van der Waals surface area contributed by atoms with E-state index < -0.39 is 0 Å². The number of aliphatic imine (C=N–C) groups is 1. The van der Waals surface area contributed by atoms with Gasteiger partial charge in [0.05, 0.1) is 0 Å². The Morgan fingerprint density at radius 3 is 2.11 bits per heavy atom. The molecule has 2 saturated heterocycles. The number of carbonyl (C=O) groups excluding carboxylic acids is 1. The summed E-state index contributed by atoms with van der Waals surface area (Å²) in [6, 6.07) is 4.33. The molecule has 1 aromatic rings. The van der Waals surface area contributed by atoms with E-state index in [0.29, 0.717) is 13.1 Å². The summed E-state index contributed by atoms with van der Waals surface area (Å²) in [5.74, 6) is 0.135. The molecule has 2 heterocycles. The van der Waals surface area contributed by atoms with Crippen LogP contribution in [0.4, 0.5) is 0 Å². The molecule has 0 atom stereocenters. The number of piperazine rings is 2. The van der Waals surface area contributed by atoms with Gasteiger partial charge in [0.15, 0.2) is 5.17 Å². The first-order chi connectivity index (χ1) is 18.1. The van der Waals surface area contributed by atoms with Gasteiger partial charge in [-0.15, -0.1) is 0 Å². The largest absolute Gasteiger partial charge is 0.369 e. The lowest BCUT2D eigenvalue weighted by Crippen LogP contribution is -2.50. The second kappa shape index (κ2) is 13.9. The molecule has 0 radical (unpaired) electrons. The van der Waals surface area contributed by atoms with Crippen LogP contribution >= 0.6 is 11.8 Å². The molecule has 0 saturated carbocycles. The molecule has 2 aliphatic heterocycles. The molecule has 0 N–H and O–H groups in total. The zero-order valence-corrected chi connectivity index (χ0v) is 25.0. The molecule has 0 bridgehead atoms. The summed E-state index contributed by atoms with van der Waals surface area (Å²) in [6.45, 7) is 26.3. The van der Waals surface area contributed by atoms with Gasteiger partial charge in [-0.25, -0.2) is 0 Å². The number of allylic oxidation sites excluding steroid dienone is 5. The van der Waals surface area contributed by atoms with Crippen LogP contribution in [0.1, 0.15) is 47.8 Å². The molecule has 0 aromatic heterocycles. The number of aryl methyl sites for hydroxylation is 2. The van der Waals surface area contributed by atoms with Crippen molar-refractivity contribution in [2.75, 3.05) is 59.4 Å². The number of hydrogen-bond donors (Lipinski definition) is 0. The van der Waals surface area contributed by atoms with E-state index >= 15 is 0 Å². The van der Waals surface area contributed by atoms with Crippen LogP contribution in [0.2, 0.25) is 0 Å². The third-order valence-corrected chi connectivity index (χ3v) is 8.17. The highest BCUT2D eigenvalue weighted by Crippen LogP contribution is 2.24. The molecule has 2 aliphatic rings. The highest BCUT2D eigenvalue weighted by Gasteiger charge is 2.26. The molecular weight excluding hydrogens is 490 g/mol. The maximum Gasteiger partial charge on any atom is 0.254 e. The average Bonchev–Trinajstić information content (AvgIpc) is 2.89. The Balaban J connectivity index is 1.64. The summed E-state index contributed by atoms with van der Waals surface area (Å²) < 4.78 is 0. The predicted molar refractivity (Wildman–Crippen MR) is 164 cm³/mol. The smallest absolute Gasteiger partial charge is 0.254 e. The van der Waals surface area contributed by atoms with Gasteiger partial charge in [0, 0.05) is 77.2 Å². The third kappa shape index (κ3) is 7.64. The Labute approximate surface area is 234 Å². The maximum atomic E-state index is 13.6. The first kappa shape index (κ1) is 29.8. The summed E-state index contributed by atoms with van der Waals surface area (Å²) in [6.07, 6.45) is 6.30. The van der Waals surface area contributed by atoms with Crippen LogP contribution in [-0.4, -0.2) is 90.1 Å². The number of hydrogen-bond acceptors (Lipinski definition) is 5. The second-order valence-corrected chi connectivity index (χ2v) is 11.6. The van der Waals surface area contributed by atoms with Crippen molar-refractivity contribution in [3.8, 4) is 0 Å². The molecule has 2 fully saturated rings. The maximum absolute atomic E-state index is 13.6. The van der Waals surface area contributed by atoms with E-state index in [0.717, 1.165) is 72.6 Å². The van der Waals surface area contributed by atoms with Crippen LogP contribution in [0, 0.1) is 13.8 Å². The average molecular weight is 536 g/mol. The molecule has 3 rings (SSSR count). The second-order valence-electron chi connectivity index (χ2n) is 10.3. The quantitative estimate of drug-likeness (QED) is 0.263. The SMILES string of the molecule is C=C(C)S/C(=N\C)N1CCN(C(=O)c2cc(CN3CCN(/C(=C/C=C\C)C(=C)C)CC3)c(C)cc2C)CC1. The van der Waals surface area contributed by atoms with Gasteiger partial charge < -0.3 is 14.7 Å². The van der Waals surface area contributed by atoms with Crippen molar-refractivity contribution in [3.63, 3.8) is 0 Å². The van der Waals surface area contributed by atoms with Crippen LogP contribution in [0.15, 0.2) is 64.7 Å². The Morgan fingerprint density at radius 1 is 0.947 bits per heavy atom. The van der Waals surface area contributed by atoms with Crippen molar-refractivity contribution in [1.29, 1.82) is 0 Å². The topological polar surface area (TPSA) is 42.4 Å². The minimum atomic E-state index is 0.135. The predicted octanol–water partition coefficient (Wildman–Crippen LogP) is 5.47. The monoisotopic (exact) mass is 535 g/mol. The fraction of sp³-hybridized carbons (Fsp3) is 0.484. The minimum Gasteiger partial charge on any atom is -0.369 e. The van der Waals surface area contributed by atoms with Crippen molar-refractivity contribution >= 4 is 22.8 Å². The minimum absolute atomic E-state index is 0.135. The van der Waals surface area contributed by atoms with Crippen LogP contribution in [0.3, 0.4) is 0 Å². The number of thioether (sulfide) groups is 1. The Hall–Kier alpha value is -2.77. The summed E-state index contributed by atoms with van der Waals surface area (Å²) in [5.41, 5.74) is 6.70. The molecule has 1 amide bonds. The molecule has 0 aliphatic carbocycles. The summed E-state index contributed by atoms with van der Waals surface area (Å²) in [4.78, 5) is 28.2. The van der Waals surface area contributed by atoms with Gasteiger partial charge in [0.1, 0.15) is 0 Å². The molecular formula is C31H45N5OS. The van der Waals surface area contributed by atoms with Crippen molar-refractivity contribution in [3.05, 3.63) is 81.9 Å². The Morgan fingerprint density at radius 2 is 1.55 bits per heavy atom. The van der Waals surface area contributed by atoms with Crippen LogP contribution in [0.25, 0.3) is 0 Å². The van der Waals surface area contributed by atoms with Gasteiger partial charge in [-0.1, -0.05) is 43.1 Å². The number of rotatable bonds is 7. The number of benzene rings is 1. The molecule has 38 heavy (non-hydrogen) atoms. The summed E-state index contributed by atoms with van der Waals surface area (Å²) >= 11 is 1.60. The highest BCUT2D eigenvalue weighted by atomic mass is 32.2. The van der Waals surface area contributed by atoms with Gasteiger partial charge >= 0.3 is 0 Å². The van der Waals surface area contributed by atoms with Gasteiger partial charge in [-0.3, -0.25) is 14.7 Å². The highest BCUT2D eigenvalue weighted by molar-refractivity contribution is 8.17. The molecule has 7 heteroatoms. The zero-order valence-electron chi connectivity index (χ0n) is 24.2. The third-order valence-electron chi connectivity index (χ3n) is 7.20. The first-order valence-electron chi connectivity index (χ1n) is 13.5. The van der Waals surface area contributed by atoms with E-state index in [-0.39, 0.29) is 5.91 Å². The Kier molecular flexibility index (Phi) is 10.9. The summed E-state index contributed by atoms with van der Waals surface area (Å²) in [7, 11) is 1.82. The van der Waals surface area contributed by atoms with E-state index in [2.05, 4.69) is 84.0 Å². The van der Waals surface area contributed by atoms with Gasteiger partial charge in [-0.05, 0) is 73.9 Å². The fourth-order valence-corrected chi connectivity index (χ4v) is 5.78. The number of nitrogens with zero attached hydrogens (tertiary/aromatic N) is 5. The van der Waals surface area contributed by atoms with E-state index in [4.69, 9.17) is 0 Å². The lowest BCUT2D eigenvalue weighted by Gasteiger charge is -2.38. The number of amides is 1. The van der Waals surface area contributed by atoms with Gasteiger partial charge in [0.25, 0.3) is 5.91 Å². The van der Waals surface area contributed by atoms with E-state index in [9.17, 15) is 4.79 Å². The number of carbonyl (C=O) groups is 1.